The minimum Gasteiger partial charge on any atom is -0.491 e. The first-order valence-corrected chi connectivity index (χ1v) is 8.30. The summed E-state index contributed by atoms with van der Waals surface area (Å²) < 4.78 is 25.2. The van der Waals surface area contributed by atoms with E-state index in [-0.39, 0.29) is 30.6 Å². The Hall–Kier alpha value is -2.44. The third kappa shape index (κ3) is 4.78. The van der Waals surface area contributed by atoms with Crippen molar-refractivity contribution in [3.63, 3.8) is 0 Å². The van der Waals surface area contributed by atoms with Crippen LogP contribution in [-0.2, 0) is 22.5 Å². The van der Waals surface area contributed by atoms with Crippen molar-refractivity contribution in [2.24, 2.45) is 0 Å². The number of carbonyl (C=O) groups excluding carboxylic acids is 1. The van der Waals surface area contributed by atoms with Crippen molar-refractivity contribution in [1.29, 1.82) is 0 Å². The molecule has 1 heterocycles. The fourth-order valence-electron chi connectivity index (χ4n) is 2.72. The lowest BCUT2D eigenvalue weighted by atomic mass is 9.99. The topological polar surface area (TPSA) is 59.6 Å². The lowest BCUT2D eigenvalue weighted by Crippen LogP contribution is -2.26. The van der Waals surface area contributed by atoms with E-state index in [1.807, 2.05) is 36.4 Å². The molecule has 25 heavy (non-hydrogen) atoms. The van der Waals surface area contributed by atoms with Gasteiger partial charge in [0.2, 0.25) is 5.91 Å². The van der Waals surface area contributed by atoms with Crippen molar-refractivity contribution < 1.29 is 18.7 Å². The molecule has 0 radical (unpaired) electrons. The number of halogens is 1. The Balaban J connectivity index is 1.42. The molecule has 2 aromatic rings. The van der Waals surface area contributed by atoms with Gasteiger partial charge in [-0.3, -0.25) is 4.79 Å². The number of fused-ring (bicyclic) bond motifs is 1. The summed E-state index contributed by atoms with van der Waals surface area (Å²) in [5.74, 6) is 0.0217. The average molecular weight is 344 g/mol. The van der Waals surface area contributed by atoms with Gasteiger partial charge in [-0.1, -0.05) is 24.3 Å². The van der Waals surface area contributed by atoms with E-state index in [0.717, 1.165) is 17.9 Å². The van der Waals surface area contributed by atoms with Crippen molar-refractivity contribution in [2.75, 3.05) is 31.7 Å². The van der Waals surface area contributed by atoms with Gasteiger partial charge in [-0.2, -0.15) is 0 Å². The molecule has 2 aromatic carbocycles. The Morgan fingerprint density at radius 1 is 1.16 bits per heavy atom. The van der Waals surface area contributed by atoms with Crippen LogP contribution in [0.25, 0.3) is 0 Å². The summed E-state index contributed by atoms with van der Waals surface area (Å²) in [5.41, 5.74) is 1.82. The molecule has 0 saturated carbocycles. The molecule has 0 bridgehead atoms. The third-order valence-corrected chi connectivity index (χ3v) is 3.95. The zero-order valence-electron chi connectivity index (χ0n) is 13.9. The Morgan fingerprint density at radius 3 is 2.84 bits per heavy atom. The van der Waals surface area contributed by atoms with E-state index >= 15 is 0 Å². The summed E-state index contributed by atoms with van der Waals surface area (Å²) in [4.78, 5) is 11.9. The molecular formula is C19H21FN2O3. The normalized spacial score (nSPS) is 13.2. The molecule has 6 heteroatoms. The van der Waals surface area contributed by atoms with Gasteiger partial charge in [0.1, 0.15) is 24.8 Å². The Bertz CT molecular complexity index is 722. The molecule has 0 unspecified atom stereocenters. The second-order valence-electron chi connectivity index (χ2n) is 5.75. The largest absolute Gasteiger partial charge is 0.491 e. The van der Waals surface area contributed by atoms with Crippen LogP contribution in [0.4, 0.5) is 10.1 Å². The van der Waals surface area contributed by atoms with Crippen LogP contribution in [0.3, 0.4) is 0 Å². The molecule has 1 amide bonds. The number of para-hydroxylation sites is 1. The van der Waals surface area contributed by atoms with E-state index in [9.17, 15) is 9.18 Å². The highest BCUT2D eigenvalue weighted by Gasteiger charge is 2.17. The quantitative estimate of drug-likeness (QED) is 0.758. The Morgan fingerprint density at radius 2 is 2.00 bits per heavy atom. The molecule has 0 aromatic heterocycles. The van der Waals surface area contributed by atoms with Gasteiger partial charge >= 0.3 is 0 Å². The molecule has 0 saturated heterocycles. The maximum absolute atomic E-state index is 14.4. The van der Waals surface area contributed by atoms with E-state index in [4.69, 9.17) is 9.47 Å². The second kappa shape index (κ2) is 8.60. The van der Waals surface area contributed by atoms with E-state index < -0.39 is 0 Å². The summed E-state index contributed by atoms with van der Waals surface area (Å²) in [5, 5.41) is 5.76. The summed E-state index contributed by atoms with van der Waals surface area (Å²) in [6.45, 7) is 1.88. The van der Waals surface area contributed by atoms with Gasteiger partial charge in [0.25, 0.3) is 0 Å². The van der Waals surface area contributed by atoms with Gasteiger partial charge in [0.05, 0.1) is 12.3 Å². The molecule has 5 nitrogen and oxygen atoms in total. The first-order chi connectivity index (χ1) is 12.2. The van der Waals surface area contributed by atoms with Gasteiger partial charge in [0.15, 0.2) is 0 Å². The smallest absolute Gasteiger partial charge is 0.250 e. The number of hydrogen-bond donors (Lipinski definition) is 2. The molecule has 1 aliphatic heterocycles. The van der Waals surface area contributed by atoms with Gasteiger partial charge in [-0.05, 0) is 42.3 Å². The SMILES string of the molecule is O=C(COCCOc1ccccc1)Nc1ccc2c(c1F)CCNC2. The summed E-state index contributed by atoms with van der Waals surface area (Å²) >= 11 is 0. The number of benzene rings is 2. The van der Waals surface area contributed by atoms with Gasteiger partial charge < -0.3 is 20.1 Å². The van der Waals surface area contributed by atoms with Crippen LogP contribution in [0, 0.1) is 5.82 Å². The Kier molecular flexibility index (Phi) is 5.98. The number of hydrogen-bond acceptors (Lipinski definition) is 4. The third-order valence-electron chi connectivity index (χ3n) is 3.95. The molecular weight excluding hydrogens is 323 g/mol. The molecule has 0 aliphatic carbocycles. The zero-order chi connectivity index (χ0) is 17.5. The van der Waals surface area contributed by atoms with Gasteiger partial charge in [0, 0.05) is 6.54 Å². The maximum atomic E-state index is 14.4. The number of amides is 1. The highest BCUT2D eigenvalue weighted by Crippen LogP contribution is 2.24. The van der Waals surface area contributed by atoms with Crippen LogP contribution in [0.15, 0.2) is 42.5 Å². The minimum absolute atomic E-state index is 0.143. The second-order valence-corrected chi connectivity index (χ2v) is 5.75. The van der Waals surface area contributed by atoms with E-state index in [1.165, 1.54) is 0 Å². The van der Waals surface area contributed by atoms with Crippen LogP contribution < -0.4 is 15.4 Å². The lowest BCUT2D eigenvalue weighted by Gasteiger charge is -2.19. The average Bonchev–Trinajstić information content (AvgIpc) is 2.65. The number of carbonyl (C=O) groups is 1. The summed E-state index contributed by atoms with van der Waals surface area (Å²) in [6.07, 6.45) is 0.623. The van der Waals surface area contributed by atoms with Crippen molar-refractivity contribution in [2.45, 2.75) is 13.0 Å². The monoisotopic (exact) mass is 344 g/mol. The summed E-state index contributed by atoms with van der Waals surface area (Å²) in [7, 11) is 0. The lowest BCUT2D eigenvalue weighted by molar-refractivity contribution is -0.120. The highest BCUT2D eigenvalue weighted by atomic mass is 19.1. The van der Waals surface area contributed by atoms with Crippen molar-refractivity contribution in [3.8, 4) is 5.75 Å². The van der Waals surface area contributed by atoms with Crippen molar-refractivity contribution in [3.05, 3.63) is 59.4 Å². The first-order valence-electron chi connectivity index (χ1n) is 8.30. The number of anilines is 1. The molecule has 0 fully saturated rings. The fraction of sp³-hybridized carbons (Fsp3) is 0.316. The fourth-order valence-corrected chi connectivity index (χ4v) is 2.72. The van der Waals surface area contributed by atoms with Gasteiger partial charge in [-0.25, -0.2) is 4.39 Å². The number of ether oxygens (including phenoxy) is 2. The first kappa shape index (κ1) is 17.4. The zero-order valence-corrected chi connectivity index (χ0v) is 13.9. The van der Waals surface area contributed by atoms with E-state index in [2.05, 4.69) is 10.6 Å². The summed E-state index contributed by atoms with van der Waals surface area (Å²) in [6, 6.07) is 12.8. The number of rotatable bonds is 7. The van der Waals surface area contributed by atoms with Gasteiger partial charge in [-0.15, -0.1) is 0 Å². The Labute approximate surface area is 146 Å². The van der Waals surface area contributed by atoms with Crippen LogP contribution in [0.1, 0.15) is 11.1 Å². The van der Waals surface area contributed by atoms with Crippen molar-refractivity contribution in [1.82, 2.24) is 5.32 Å². The predicted octanol–water partition coefficient (Wildman–Crippen LogP) is 2.51. The number of nitrogens with one attached hydrogen (secondary N) is 2. The minimum atomic E-state index is -0.382. The molecule has 0 atom stereocenters. The van der Waals surface area contributed by atoms with Crippen molar-refractivity contribution >= 4 is 11.6 Å². The maximum Gasteiger partial charge on any atom is 0.250 e. The standard InChI is InChI=1S/C19H21FN2O3/c20-19-16-8-9-21-12-14(16)6-7-17(19)22-18(23)13-24-10-11-25-15-4-2-1-3-5-15/h1-7,21H,8-13H2,(H,22,23). The molecule has 3 rings (SSSR count). The molecule has 0 spiro atoms. The van der Waals surface area contributed by atoms with E-state index in [0.29, 0.717) is 25.1 Å². The van der Waals surface area contributed by atoms with Crippen LogP contribution in [0.2, 0.25) is 0 Å². The molecule has 2 N–H and O–H groups in total. The van der Waals surface area contributed by atoms with Crippen LogP contribution in [0.5, 0.6) is 5.75 Å². The van der Waals surface area contributed by atoms with Crippen LogP contribution in [-0.4, -0.2) is 32.3 Å². The molecule has 1 aliphatic rings. The van der Waals surface area contributed by atoms with Crippen LogP contribution >= 0.6 is 0 Å². The van der Waals surface area contributed by atoms with E-state index in [1.54, 1.807) is 6.07 Å². The highest BCUT2D eigenvalue weighted by molar-refractivity contribution is 5.92. The predicted molar refractivity (Wildman–Crippen MR) is 93.2 cm³/mol. The molecule has 132 valence electrons.